The molecule has 1 N–H and O–H groups in total. The molecule has 0 saturated heterocycles. The lowest BCUT2D eigenvalue weighted by molar-refractivity contribution is -0.139. The molecule has 2 amide bonds. The van der Waals surface area contributed by atoms with Gasteiger partial charge in [0.25, 0.3) is 0 Å². The molecule has 0 aromatic heterocycles. The van der Waals surface area contributed by atoms with Crippen LogP contribution in [0.3, 0.4) is 0 Å². The summed E-state index contributed by atoms with van der Waals surface area (Å²) in [6.07, 6.45) is 2.85. The third kappa shape index (κ3) is 7.82. The van der Waals surface area contributed by atoms with Gasteiger partial charge in [-0.3, -0.25) is 13.9 Å². The Morgan fingerprint density at radius 3 is 2.20 bits per heavy atom. The first kappa shape index (κ1) is 28.4. The molecule has 35 heavy (non-hydrogen) atoms. The summed E-state index contributed by atoms with van der Waals surface area (Å²) in [5, 5.41) is 2.98. The van der Waals surface area contributed by atoms with Crippen molar-refractivity contribution in [2.45, 2.75) is 66.0 Å². The number of anilines is 1. The van der Waals surface area contributed by atoms with Crippen molar-refractivity contribution in [1.29, 1.82) is 0 Å². The van der Waals surface area contributed by atoms with Crippen LogP contribution in [0.4, 0.5) is 5.69 Å². The fourth-order valence-electron chi connectivity index (χ4n) is 3.94. The fraction of sp³-hybridized carbons (Fsp3) is 0.481. The molecule has 0 unspecified atom stereocenters. The molecular weight excluding hydrogens is 462 g/mol. The minimum absolute atomic E-state index is 0.0231. The summed E-state index contributed by atoms with van der Waals surface area (Å²) in [5.41, 5.74) is 3.24. The molecule has 0 fully saturated rings. The average Bonchev–Trinajstić information content (AvgIpc) is 2.81. The van der Waals surface area contributed by atoms with Crippen molar-refractivity contribution in [2.75, 3.05) is 23.7 Å². The number of amides is 2. The van der Waals surface area contributed by atoms with Gasteiger partial charge in [0.2, 0.25) is 21.8 Å². The number of rotatable bonds is 12. The van der Waals surface area contributed by atoms with Gasteiger partial charge in [0.1, 0.15) is 12.6 Å². The quantitative estimate of drug-likeness (QED) is 0.479. The number of hydrogen-bond acceptors (Lipinski definition) is 4. The molecule has 0 saturated carbocycles. The molecule has 2 rings (SSSR count). The molecule has 0 spiro atoms. The Bertz CT molecular complexity index is 1100. The van der Waals surface area contributed by atoms with Crippen LogP contribution in [0.2, 0.25) is 0 Å². The van der Waals surface area contributed by atoms with Gasteiger partial charge in [0, 0.05) is 12.6 Å². The van der Waals surface area contributed by atoms with Gasteiger partial charge in [-0.25, -0.2) is 8.42 Å². The first-order chi connectivity index (χ1) is 16.5. The first-order valence-electron chi connectivity index (χ1n) is 12.2. The number of nitrogens with zero attached hydrogens (tertiary/aromatic N) is 2. The summed E-state index contributed by atoms with van der Waals surface area (Å²) in [6.45, 7) is 9.45. The third-order valence-corrected chi connectivity index (χ3v) is 7.52. The summed E-state index contributed by atoms with van der Waals surface area (Å²) in [4.78, 5) is 28.3. The standard InChI is InChI=1S/C27H39N3O4S/c1-7-21(4)28-27(32)24(8-2)29(18-17-23-14-10-9-11-15-23)26(31)19-30(35(6,33)34)25-16-12-13-20(3)22(25)5/h9-16,21,24H,7-8,17-19H2,1-6H3,(H,28,32)/t21-,24-/m1/s1. The number of carbonyl (C=O) groups is 2. The normalized spacial score (nSPS) is 13.1. The molecule has 0 aliphatic heterocycles. The highest BCUT2D eigenvalue weighted by atomic mass is 32.2. The van der Waals surface area contributed by atoms with E-state index >= 15 is 0 Å². The zero-order chi connectivity index (χ0) is 26.2. The van der Waals surface area contributed by atoms with Crippen LogP contribution in [-0.2, 0) is 26.0 Å². The van der Waals surface area contributed by atoms with E-state index in [2.05, 4.69) is 5.32 Å². The van der Waals surface area contributed by atoms with E-state index in [0.29, 0.717) is 25.1 Å². The molecule has 0 bridgehead atoms. The molecule has 192 valence electrons. The van der Waals surface area contributed by atoms with Gasteiger partial charge in [0.15, 0.2) is 0 Å². The van der Waals surface area contributed by atoms with Gasteiger partial charge in [-0.15, -0.1) is 0 Å². The molecule has 0 heterocycles. The maximum atomic E-state index is 13.7. The summed E-state index contributed by atoms with van der Waals surface area (Å²) >= 11 is 0. The van der Waals surface area contributed by atoms with Crippen LogP contribution in [0.5, 0.6) is 0 Å². The highest BCUT2D eigenvalue weighted by molar-refractivity contribution is 7.92. The van der Waals surface area contributed by atoms with Crippen molar-refractivity contribution in [3.05, 3.63) is 65.2 Å². The van der Waals surface area contributed by atoms with E-state index in [1.807, 2.05) is 71.0 Å². The van der Waals surface area contributed by atoms with Crippen LogP contribution in [0.25, 0.3) is 0 Å². The molecule has 0 aliphatic rings. The predicted octanol–water partition coefficient (Wildman–Crippen LogP) is 3.83. The Kier molecular flexibility index (Phi) is 10.3. The Labute approximate surface area is 210 Å². The van der Waals surface area contributed by atoms with E-state index in [9.17, 15) is 18.0 Å². The zero-order valence-electron chi connectivity index (χ0n) is 21.7. The Balaban J connectivity index is 2.40. The van der Waals surface area contributed by atoms with E-state index in [4.69, 9.17) is 0 Å². The summed E-state index contributed by atoms with van der Waals surface area (Å²) in [6, 6.07) is 14.4. The van der Waals surface area contributed by atoms with Gasteiger partial charge in [-0.2, -0.15) is 0 Å². The molecular formula is C27H39N3O4S. The van der Waals surface area contributed by atoms with E-state index < -0.39 is 22.0 Å². The van der Waals surface area contributed by atoms with Gasteiger partial charge in [0.05, 0.1) is 11.9 Å². The molecule has 0 radical (unpaired) electrons. The lowest BCUT2D eigenvalue weighted by Gasteiger charge is -2.33. The minimum atomic E-state index is -3.74. The number of hydrogen-bond donors (Lipinski definition) is 1. The van der Waals surface area contributed by atoms with Crippen molar-refractivity contribution in [3.63, 3.8) is 0 Å². The van der Waals surface area contributed by atoms with Crippen LogP contribution in [0.15, 0.2) is 48.5 Å². The molecule has 2 aromatic rings. The second kappa shape index (κ2) is 12.7. The molecule has 2 atom stereocenters. The second-order valence-corrected chi connectivity index (χ2v) is 11.0. The molecule has 7 nitrogen and oxygen atoms in total. The van der Waals surface area contributed by atoms with Crippen molar-refractivity contribution >= 4 is 27.5 Å². The molecule has 2 aromatic carbocycles. The SMILES string of the molecule is CC[C@@H](C)NC(=O)[C@@H](CC)N(CCc1ccccc1)C(=O)CN(c1cccc(C)c1C)S(C)(=O)=O. The summed E-state index contributed by atoms with van der Waals surface area (Å²) < 4.78 is 26.7. The third-order valence-electron chi connectivity index (χ3n) is 6.40. The number of nitrogens with one attached hydrogen (secondary N) is 1. The van der Waals surface area contributed by atoms with Gasteiger partial charge < -0.3 is 10.2 Å². The van der Waals surface area contributed by atoms with Gasteiger partial charge in [-0.1, -0.05) is 56.3 Å². The Morgan fingerprint density at radius 1 is 0.971 bits per heavy atom. The number of benzene rings is 2. The second-order valence-electron chi connectivity index (χ2n) is 9.05. The maximum Gasteiger partial charge on any atom is 0.244 e. The summed E-state index contributed by atoms with van der Waals surface area (Å²) in [5.74, 6) is -0.626. The van der Waals surface area contributed by atoms with Crippen LogP contribution < -0.4 is 9.62 Å². The number of sulfonamides is 1. The Morgan fingerprint density at radius 2 is 1.63 bits per heavy atom. The monoisotopic (exact) mass is 501 g/mol. The largest absolute Gasteiger partial charge is 0.352 e. The summed E-state index contributed by atoms with van der Waals surface area (Å²) in [7, 11) is -3.74. The van der Waals surface area contributed by atoms with Crippen LogP contribution >= 0.6 is 0 Å². The molecule has 0 aliphatic carbocycles. The average molecular weight is 502 g/mol. The van der Waals surface area contributed by atoms with Crippen LogP contribution in [-0.4, -0.2) is 56.6 Å². The topological polar surface area (TPSA) is 86.8 Å². The lowest BCUT2D eigenvalue weighted by atomic mass is 10.1. The van der Waals surface area contributed by atoms with Crippen LogP contribution in [0.1, 0.15) is 50.3 Å². The molecule has 8 heteroatoms. The van der Waals surface area contributed by atoms with Crippen LogP contribution in [0, 0.1) is 13.8 Å². The van der Waals surface area contributed by atoms with E-state index in [0.717, 1.165) is 33.7 Å². The van der Waals surface area contributed by atoms with Crippen molar-refractivity contribution in [3.8, 4) is 0 Å². The van der Waals surface area contributed by atoms with Crippen molar-refractivity contribution in [2.24, 2.45) is 0 Å². The fourth-order valence-corrected chi connectivity index (χ4v) is 4.84. The van der Waals surface area contributed by atoms with Crippen molar-refractivity contribution < 1.29 is 18.0 Å². The predicted molar refractivity (Wildman–Crippen MR) is 142 cm³/mol. The number of aryl methyl sites for hydroxylation is 1. The zero-order valence-corrected chi connectivity index (χ0v) is 22.6. The van der Waals surface area contributed by atoms with Crippen molar-refractivity contribution in [1.82, 2.24) is 10.2 Å². The smallest absolute Gasteiger partial charge is 0.244 e. The minimum Gasteiger partial charge on any atom is -0.352 e. The highest BCUT2D eigenvalue weighted by Crippen LogP contribution is 2.25. The highest BCUT2D eigenvalue weighted by Gasteiger charge is 2.32. The van der Waals surface area contributed by atoms with E-state index in [1.165, 1.54) is 4.90 Å². The van der Waals surface area contributed by atoms with E-state index in [-0.39, 0.29) is 18.5 Å². The van der Waals surface area contributed by atoms with Gasteiger partial charge >= 0.3 is 0 Å². The maximum absolute atomic E-state index is 13.7. The van der Waals surface area contributed by atoms with Gasteiger partial charge in [-0.05, 0) is 62.8 Å². The first-order valence-corrected chi connectivity index (χ1v) is 14.0. The Hall–Kier alpha value is -2.87. The van der Waals surface area contributed by atoms with E-state index in [1.54, 1.807) is 12.1 Å². The number of carbonyl (C=O) groups excluding carboxylic acids is 2. The lowest BCUT2D eigenvalue weighted by Crippen LogP contribution is -2.54.